The van der Waals surface area contributed by atoms with Crippen molar-refractivity contribution in [3.05, 3.63) is 0 Å². The standard InChI is InChI=1S/C16H29N3OS/c1-13(16(20)18-10-6-2-3-7-11-18)19(12-15(17)21)14-8-4-5-9-14/h13-14H,2-12H2,1H3,(H2,17,21). The monoisotopic (exact) mass is 311 g/mol. The Morgan fingerprint density at radius 3 is 2.29 bits per heavy atom. The first-order chi connectivity index (χ1) is 10.1. The van der Waals surface area contributed by atoms with Crippen LogP contribution in [0.15, 0.2) is 0 Å². The minimum Gasteiger partial charge on any atom is -0.392 e. The van der Waals surface area contributed by atoms with Gasteiger partial charge in [-0.15, -0.1) is 0 Å². The number of nitrogens with zero attached hydrogens (tertiary/aromatic N) is 2. The lowest BCUT2D eigenvalue weighted by Crippen LogP contribution is -2.52. The van der Waals surface area contributed by atoms with E-state index in [2.05, 4.69) is 9.80 Å². The topological polar surface area (TPSA) is 49.6 Å². The van der Waals surface area contributed by atoms with Crippen LogP contribution in [-0.2, 0) is 4.79 Å². The Morgan fingerprint density at radius 1 is 1.19 bits per heavy atom. The lowest BCUT2D eigenvalue weighted by Gasteiger charge is -2.36. The summed E-state index contributed by atoms with van der Waals surface area (Å²) in [7, 11) is 0. The van der Waals surface area contributed by atoms with E-state index >= 15 is 0 Å². The highest BCUT2D eigenvalue weighted by atomic mass is 32.1. The molecule has 0 aromatic carbocycles. The molecule has 1 saturated carbocycles. The maximum absolute atomic E-state index is 12.8. The van der Waals surface area contributed by atoms with E-state index in [4.69, 9.17) is 18.0 Å². The van der Waals surface area contributed by atoms with Gasteiger partial charge < -0.3 is 10.6 Å². The van der Waals surface area contributed by atoms with Crippen molar-refractivity contribution in [3.8, 4) is 0 Å². The molecule has 1 saturated heterocycles. The zero-order valence-corrected chi connectivity index (χ0v) is 14.0. The third-order valence-corrected chi connectivity index (χ3v) is 5.03. The molecule has 1 aliphatic carbocycles. The lowest BCUT2D eigenvalue weighted by molar-refractivity contribution is -0.137. The van der Waals surface area contributed by atoms with E-state index in [1.54, 1.807) is 0 Å². The van der Waals surface area contributed by atoms with E-state index in [1.807, 2.05) is 6.92 Å². The molecule has 1 atom stereocenters. The largest absolute Gasteiger partial charge is 0.392 e. The Bertz CT molecular complexity index is 361. The fourth-order valence-corrected chi connectivity index (χ4v) is 3.84. The van der Waals surface area contributed by atoms with Crippen LogP contribution in [0.1, 0.15) is 58.3 Å². The molecule has 4 nitrogen and oxygen atoms in total. The van der Waals surface area contributed by atoms with Crippen LogP contribution in [0, 0.1) is 0 Å². The predicted octanol–water partition coefficient (Wildman–Crippen LogP) is 2.31. The molecule has 2 fully saturated rings. The molecule has 0 aromatic rings. The van der Waals surface area contributed by atoms with Gasteiger partial charge in [-0.2, -0.15) is 0 Å². The Hall–Kier alpha value is -0.680. The molecule has 2 rings (SSSR count). The number of rotatable bonds is 5. The lowest BCUT2D eigenvalue weighted by atomic mass is 10.1. The van der Waals surface area contributed by atoms with Gasteiger partial charge in [0.2, 0.25) is 5.91 Å². The van der Waals surface area contributed by atoms with Gasteiger partial charge in [-0.25, -0.2) is 0 Å². The van der Waals surface area contributed by atoms with Crippen LogP contribution in [0.3, 0.4) is 0 Å². The predicted molar refractivity (Wildman–Crippen MR) is 90.3 cm³/mol. The van der Waals surface area contributed by atoms with Crippen molar-refractivity contribution < 1.29 is 4.79 Å². The highest BCUT2D eigenvalue weighted by Gasteiger charge is 2.32. The average molecular weight is 311 g/mol. The number of hydrogen-bond acceptors (Lipinski definition) is 3. The molecular formula is C16H29N3OS. The molecule has 2 aliphatic rings. The molecule has 0 radical (unpaired) electrons. The van der Waals surface area contributed by atoms with Gasteiger partial charge in [-0.1, -0.05) is 37.9 Å². The SMILES string of the molecule is CC(C(=O)N1CCCCCC1)N(CC(N)=S)C1CCCC1. The van der Waals surface area contributed by atoms with Gasteiger partial charge in [0.25, 0.3) is 0 Å². The summed E-state index contributed by atoms with van der Waals surface area (Å²) in [6.45, 7) is 4.42. The van der Waals surface area contributed by atoms with Gasteiger partial charge in [-0.3, -0.25) is 9.69 Å². The van der Waals surface area contributed by atoms with E-state index in [0.29, 0.717) is 17.6 Å². The number of carbonyl (C=O) groups is 1. The molecule has 1 heterocycles. The first-order valence-corrected chi connectivity index (χ1v) is 8.83. The first kappa shape index (κ1) is 16.7. The molecule has 1 unspecified atom stereocenters. The van der Waals surface area contributed by atoms with Crippen LogP contribution >= 0.6 is 12.2 Å². The highest BCUT2D eigenvalue weighted by molar-refractivity contribution is 7.80. The summed E-state index contributed by atoms with van der Waals surface area (Å²) in [5.74, 6) is 0.264. The van der Waals surface area contributed by atoms with Crippen LogP contribution < -0.4 is 5.73 Å². The van der Waals surface area contributed by atoms with Gasteiger partial charge in [0, 0.05) is 25.7 Å². The van der Waals surface area contributed by atoms with E-state index in [-0.39, 0.29) is 11.9 Å². The van der Waals surface area contributed by atoms with Gasteiger partial charge >= 0.3 is 0 Å². The van der Waals surface area contributed by atoms with Crippen molar-refractivity contribution in [3.63, 3.8) is 0 Å². The second-order valence-corrected chi connectivity index (χ2v) is 7.02. The molecule has 120 valence electrons. The summed E-state index contributed by atoms with van der Waals surface area (Å²) in [5, 5.41) is 0. The second kappa shape index (κ2) is 8.08. The zero-order valence-electron chi connectivity index (χ0n) is 13.2. The van der Waals surface area contributed by atoms with Crippen molar-refractivity contribution >= 4 is 23.1 Å². The highest BCUT2D eigenvalue weighted by Crippen LogP contribution is 2.26. The number of thiocarbonyl (C=S) groups is 1. The van der Waals surface area contributed by atoms with Crippen molar-refractivity contribution in [1.82, 2.24) is 9.80 Å². The molecule has 1 amide bonds. The summed E-state index contributed by atoms with van der Waals surface area (Å²) in [4.78, 5) is 17.6. The molecule has 0 bridgehead atoms. The van der Waals surface area contributed by atoms with E-state index in [9.17, 15) is 4.79 Å². The van der Waals surface area contributed by atoms with Crippen molar-refractivity contribution in [2.45, 2.75) is 70.4 Å². The average Bonchev–Trinajstić information content (AvgIpc) is 2.85. The molecule has 0 aromatic heterocycles. The Balaban J connectivity index is 2.02. The minimum atomic E-state index is -0.104. The van der Waals surface area contributed by atoms with E-state index in [1.165, 1.54) is 38.5 Å². The summed E-state index contributed by atoms with van der Waals surface area (Å²) in [6.07, 6.45) is 9.61. The maximum atomic E-state index is 12.8. The zero-order chi connectivity index (χ0) is 15.2. The number of hydrogen-bond donors (Lipinski definition) is 1. The van der Waals surface area contributed by atoms with Gasteiger partial charge in [0.05, 0.1) is 11.0 Å². The van der Waals surface area contributed by atoms with Gasteiger partial charge in [-0.05, 0) is 32.6 Å². The first-order valence-electron chi connectivity index (χ1n) is 8.42. The molecule has 0 spiro atoms. The fraction of sp³-hybridized carbons (Fsp3) is 0.875. The number of amides is 1. The number of nitrogens with two attached hydrogens (primary N) is 1. The number of carbonyl (C=O) groups excluding carboxylic acids is 1. The third-order valence-electron chi connectivity index (χ3n) is 4.90. The molecule has 5 heteroatoms. The molecule has 1 aliphatic heterocycles. The second-order valence-electron chi connectivity index (χ2n) is 6.49. The molecule has 2 N–H and O–H groups in total. The normalized spacial score (nSPS) is 22.3. The van der Waals surface area contributed by atoms with Crippen molar-refractivity contribution in [2.24, 2.45) is 5.73 Å². The summed E-state index contributed by atoms with van der Waals surface area (Å²) < 4.78 is 0. The third kappa shape index (κ3) is 4.65. The Kier molecular flexibility index (Phi) is 6.42. The van der Waals surface area contributed by atoms with Crippen LogP contribution in [-0.4, -0.2) is 52.4 Å². The summed E-state index contributed by atoms with van der Waals surface area (Å²) >= 11 is 5.10. The van der Waals surface area contributed by atoms with Gasteiger partial charge in [0.1, 0.15) is 0 Å². The summed E-state index contributed by atoms with van der Waals surface area (Å²) in [5.41, 5.74) is 5.77. The van der Waals surface area contributed by atoms with Gasteiger partial charge in [0.15, 0.2) is 0 Å². The van der Waals surface area contributed by atoms with E-state index in [0.717, 1.165) is 25.9 Å². The molecular weight excluding hydrogens is 282 g/mol. The maximum Gasteiger partial charge on any atom is 0.239 e. The van der Waals surface area contributed by atoms with Crippen LogP contribution in [0.4, 0.5) is 0 Å². The Morgan fingerprint density at radius 2 is 1.76 bits per heavy atom. The van der Waals surface area contributed by atoms with Crippen molar-refractivity contribution in [2.75, 3.05) is 19.6 Å². The van der Waals surface area contributed by atoms with Crippen LogP contribution in [0.5, 0.6) is 0 Å². The quantitative estimate of drug-likeness (QED) is 0.792. The number of likely N-dealkylation sites (tertiary alicyclic amines) is 1. The fourth-order valence-electron chi connectivity index (χ4n) is 3.70. The van der Waals surface area contributed by atoms with Crippen LogP contribution in [0.25, 0.3) is 0 Å². The smallest absolute Gasteiger partial charge is 0.239 e. The van der Waals surface area contributed by atoms with Crippen LogP contribution in [0.2, 0.25) is 0 Å². The molecule has 21 heavy (non-hydrogen) atoms. The van der Waals surface area contributed by atoms with Crippen molar-refractivity contribution in [1.29, 1.82) is 0 Å². The summed E-state index contributed by atoms with van der Waals surface area (Å²) in [6, 6.07) is 0.366. The minimum absolute atomic E-state index is 0.104. The Labute approximate surface area is 134 Å². The van der Waals surface area contributed by atoms with E-state index < -0.39 is 0 Å².